The second-order valence-electron chi connectivity index (χ2n) is 4.83. The molecule has 0 amide bonds. The van der Waals surface area contributed by atoms with Crippen LogP contribution in [0.4, 0.5) is 0 Å². The Labute approximate surface area is 99.8 Å². The largest absolute Gasteiger partial charge is 0.376 e. The molecule has 1 atom stereocenters. The fourth-order valence-electron chi connectivity index (χ4n) is 1.81. The van der Waals surface area contributed by atoms with Crippen LogP contribution in [0.1, 0.15) is 32.7 Å². The van der Waals surface area contributed by atoms with Crippen LogP contribution in [0.3, 0.4) is 0 Å². The number of aromatic nitrogens is 3. The van der Waals surface area contributed by atoms with Gasteiger partial charge in [0.15, 0.2) is 10.6 Å². The van der Waals surface area contributed by atoms with Crippen LogP contribution in [0.25, 0.3) is 0 Å². The lowest BCUT2D eigenvalue weighted by Crippen LogP contribution is -2.30. The van der Waals surface area contributed by atoms with Crippen molar-refractivity contribution in [3.05, 3.63) is 10.6 Å². The van der Waals surface area contributed by atoms with E-state index in [2.05, 4.69) is 31.0 Å². The second kappa shape index (κ2) is 4.27. The lowest BCUT2D eigenvalue weighted by Gasteiger charge is -2.27. The lowest BCUT2D eigenvalue weighted by atomic mass is 10.1. The molecule has 0 bridgehead atoms. The van der Waals surface area contributed by atoms with Gasteiger partial charge in [-0.1, -0.05) is 0 Å². The number of hydrogen-bond acceptors (Lipinski definition) is 4. The summed E-state index contributed by atoms with van der Waals surface area (Å²) in [7, 11) is 0. The van der Waals surface area contributed by atoms with Crippen molar-refractivity contribution in [1.82, 2.24) is 14.8 Å². The maximum Gasteiger partial charge on any atom is 0.195 e. The molecular formula is C10H17N3O2S. The molecule has 0 aliphatic carbocycles. The predicted molar refractivity (Wildman–Crippen MR) is 61.9 cm³/mol. The molecule has 0 spiro atoms. The standard InChI is InChI=1S/C10H17N3O2S/c1-10(2,3)13-8(11-12-9(13)16)7-6-14-4-5-15-7/h7H,4-6H2,1-3H3,(H,12,16). The first-order valence-corrected chi connectivity index (χ1v) is 5.78. The summed E-state index contributed by atoms with van der Waals surface area (Å²) < 4.78 is 13.6. The van der Waals surface area contributed by atoms with Gasteiger partial charge in [-0.2, -0.15) is 5.10 Å². The number of ether oxygens (including phenoxy) is 2. The quantitative estimate of drug-likeness (QED) is 0.764. The number of nitrogens with zero attached hydrogens (tertiary/aromatic N) is 2. The first-order chi connectivity index (χ1) is 7.50. The number of rotatable bonds is 1. The van der Waals surface area contributed by atoms with Crippen LogP contribution in [0.5, 0.6) is 0 Å². The van der Waals surface area contributed by atoms with Gasteiger partial charge in [0, 0.05) is 5.54 Å². The molecule has 2 rings (SSSR count). The van der Waals surface area contributed by atoms with E-state index in [1.54, 1.807) is 0 Å². The van der Waals surface area contributed by atoms with Crippen molar-refractivity contribution in [2.75, 3.05) is 19.8 Å². The first kappa shape index (κ1) is 11.8. The van der Waals surface area contributed by atoms with E-state index in [1.165, 1.54) is 0 Å². The Kier molecular flexibility index (Phi) is 3.14. The number of hydrogen-bond donors (Lipinski definition) is 1. The van der Waals surface area contributed by atoms with Gasteiger partial charge in [-0.3, -0.25) is 9.67 Å². The molecule has 1 aliphatic rings. The Hall–Kier alpha value is -0.720. The molecule has 0 aromatic carbocycles. The van der Waals surface area contributed by atoms with Gasteiger partial charge in [0.1, 0.15) is 6.10 Å². The summed E-state index contributed by atoms with van der Waals surface area (Å²) in [4.78, 5) is 0. The highest BCUT2D eigenvalue weighted by Crippen LogP contribution is 2.24. The van der Waals surface area contributed by atoms with E-state index in [1.807, 2.05) is 4.57 Å². The maximum atomic E-state index is 5.64. The number of aromatic amines is 1. The number of H-pyrrole nitrogens is 1. The Morgan fingerprint density at radius 2 is 2.19 bits per heavy atom. The Morgan fingerprint density at radius 3 is 2.75 bits per heavy atom. The first-order valence-electron chi connectivity index (χ1n) is 5.37. The van der Waals surface area contributed by atoms with Gasteiger partial charge in [-0.25, -0.2) is 0 Å². The Bertz CT molecular complexity index is 412. The minimum atomic E-state index is -0.124. The minimum absolute atomic E-state index is 0.111. The lowest BCUT2D eigenvalue weighted by molar-refractivity contribution is -0.0957. The van der Waals surface area contributed by atoms with Gasteiger partial charge in [0.2, 0.25) is 0 Å². The van der Waals surface area contributed by atoms with Crippen LogP contribution in [-0.4, -0.2) is 34.6 Å². The highest BCUT2D eigenvalue weighted by molar-refractivity contribution is 7.71. The van der Waals surface area contributed by atoms with E-state index in [0.29, 0.717) is 24.6 Å². The molecule has 1 unspecified atom stereocenters. The third-order valence-electron chi connectivity index (χ3n) is 2.47. The average molecular weight is 243 g/mol. The average Bonchev–Trinajstić information content (AvgIpc) is 2.61. The molecule has 0 saturated carbocycles. The highest BCUT2D eigenvalue weighted by atomic mass is 32.1. The van der Waals surface area contributed by atoms with E-state index in [9.17, 15) is 0 Å². The molecule has 1 fully saturated rings. The predicted octanol–water partition coefficient (Wildman–Crippen LogP) is 1.78. The van der Waals surface area contributed by atoms with Gasteiger partial charge in [-0.15, -0.1) is 0 Å². The monoisotopic (exact) mass is 243 g/mol. The third kappa shape index (κ3) is 2.18. The summed E-state index contributed by atoms with van der Waals surface area (Å²) in [5.41, 5.74) is -0.111. The molecular weight excluding hydrogens is 226 g/mol. The summed E-state index contributed by atoms with van der Waals surface area (Å²) in [6.07, 6.45) is -0.124. The van der Waals surface area contributed by atoms with Gasteiger partial charge in [0.05, 0.1) is 19.8 Å². The minimum Gasteiger partial charge on any atom is -0.376 e. The third-order valence-corrected chi connectivity index (χ3v) is 2.75. The fraction of sp³-hybridized carbons (Fsp3) is 0.800. The van der Waals surface area contributed by atoms with Crippen LogP contribution in [0, 0.1) is 4.77 Å². The fourth-order valence-corrected chi connectivity index (χ4v) is 2.22. The molecule has 1 aliphatic heterocycles. The van der Waals surface area contributed by atoms with E-state index in [4.69, 9.17) is 21.7 Å². The van der Waals surface area contributed by atoms with Crippen LogP contribution in [-0.2, 0) is 15.0 Å². The molecule has 1 aromatic rings. The van der Waals surface area contributed by atoms with Crippen molar-refractivity contribution in [3.63, 3.8) is 0 Å². The molecule has 2 heterocycles. The summed E-state index contributed by atoms with van der Waals surface area (Å²) in [6.45, 7) is 8.06. The summed E-state index contributed by atoms with van der Waals surface area (Å²) >= 11 is 5.24. The zero-order chi connectivity index (χ0) is 11.8. The van der Waals surface area contributed by atoms with Crippen LogP contribution in [0.15, 0.2) is 0 Å². The normalized spacial score (nSPS) is 22.3. The van der Waals surface area contributed by atoms with Crippen molar-refractivity contribution in [2.24, 2.45) is 0 Å². The SMILES string of the molecule is CC(C)(C)n1c(C2COCCO2)n[nH]c1=S. The summed E-state index contributed by atoms with van der Waals surface area (Å²) in [5, 5.41) is 7.07. The van der Waals surface area contributed by atoms with Gasteiger partial charge < -0.3 is 9.47 Å². The highest BCUT2D eigenvalue weighted by Gasteiger charge is 2.27. The molecule has 90 valence electrons. The van der Waals surface area contributed by atoms with Crippen molar-refractivity contribution < 1.29 is 9.47 Å². The van der Waals surface area contributed by atoms with E-state index in [0.717, 1.165) is 5.82 Å². The zero-order valence-corrected chi connectivity index (χ0v) is 10.6. The van der Waals surface area contributed by atoms with E-state index < -0.39 is 0 Å². The van der Waals surface area contributed by atoms with Crippen molar-refractivity contribution in [2.45, 2.75) is 32.4 Å². The van der Waals surface area contributed by atoms with E-state index in [-0.39, 0.29) is 11.6 Å². The molecule has 0 radical (unpaired) electrons. The molecule has 6 heteroatoms. The summed E-state index contributed by atoms with van der Waals surface area (Å²) in [5.74, 6) is 0.817. The molecule has 1 aromatic heterocycles. The Morgan fingerprint density at radius 1 is 1.44 bits per heavy atom. The molecule has 1 N–H and O–H groups in total. The zero-order valence-electron chi connectivity index (χ0n) is 9.82. The van der Waals surface area contributed by atoms with Crippen LogP contribution < -0.4 is 0 Å². The molecule has 1 saturated heterocycles. The van der Waals surface area contributed by atoms with Gasteiger partial charge >= 0.3 is 0 Å². The van der Waals surface area contributed by atoms with Crippen molar-refractivity contribution >= 4 is 12.2 Å². The van der Waals surface area contributed by atoms with Crippen molar-refractivity contribution in [3.8, 4) is 0 Å². The van der Waals surface area contributed by atoms with Gasteiger partial charge in [-0.05, 0) is 33.0 Å². The number of nitrogens with one attached hydrogen (secondary N) is 1. The Balaban J connectivity index is 2.37. The maximum absolute atomic E-state index is 5.64. The topological polar surface area (TPSA) is 52.1 Å². The summed E-state index contributed by atoms with van der Waals surface area (Å²) in [6, 6.07) is 0. The van der Waals surface area contributed by atoms with Crippen LogP contribution >= 0.6 is 12.2 Å². The van der Waals surface area contributed by atoms with E-state index >= 15 is 0 Å². The smallest absolute Gasteiger partial charge is 0.195 e. The molecule has 5 nitrogen and oxygen atoms in total. The van der Waals surface area contributed by atoms with Gasteiger partial charge in [0.25, 0.3) is 0 Å². The van der Waals surface area contributed by atoms with Crippen LogP contribution in [0.2, 0.25) is 0 Å². The van der Waals surface area contributed by atoms with Crippen molar-refractivity contribution in [1.29, 1.82) is 0 Å². The second-order valence-corrected chi connectivity index (χ2v) is 5.21. The molecule has 16 heavy (non-hydrogen) atoms.